The Kier molecular flexibility index (Phi) is 2.61. The van der Waals surface area contributed by atoms with Crippen LogP contribution in [0.4, 0.5) is 5.69 Å². The maximum atomic E-state index is 11.1. The number of hydrogen-bond donors (Lipinski definition) is 1. The van der Waals surface area contributed by atoms with Crippen molar-refractivity contribution in [2.24, 2.45) is 10.3 Å². The molecular formula is C15H15N3O. The average Bonchev–Trinajstić information content (AvgIpc) is 2.44. The zero-order valence-electron chi connectivity index (χ0n) is 10.9. The number of fused-ring (bicyclic) bond motifs is 1. The van der Waals surface area contributed by atoms with Gasteiger partial charge in [-0.05, 0) is 13.0 Å². The first-order valence-corrected chi connectivity index (χ1v) is 6.17. The molecule has 1 aliphatic heterocycles. The minimum absolute atomic E-state index is 0.698. The Morgan fingerprint density at radius 1 is 1.05 bits per heavy atom. The smallest absolute Gasteiger partial charge is 0.209 e. The van der Waals surface area contributed by atoms with E-state index in [0.29, 0.717) is 5.69 Å². The Labute approximate surface area is 112 Å². The van der Waals surface area contributed by atoms with E-state index in [1.807, 2.05) is 55.5 Å². The molecule has 0 fully saturated rings. The standard InChI is InChI=1S/C15H15N3O/c1-11-7-9-12(10-8-11)15(19)13-5-3-4-6-14(13)16-17-18(15)2/h3-10,19H,1-2H3/t15-/m1/s1. The molecule has 0 saturated carbocycles. The summed E-state index contributed by atoms with van der Waals surface area (Å²) in [5, 5.41) is 20.7. The monoisotopic (exact) mass is 253 g/mol. The predicted molar refractivity (Wildman–Crippen MR) is 72.9 cm³/mol. The second-order valence-corrected chi connectivity index (χ2v) is 4.77. The third-order valence-electron chi connectivity index (χ3n) is 3.49. The van der Waals surface area contributed by atoms with Gasteiger partial charge in [0.1, 0.15) is 0 Å². The van der Waals surface area contributed by atoms with Crippen LogP contribution in [-0.4, -0.2) is 17.2 Å². The molecule has 19 heavy (non-hydrogen) atoms. The van der Waals surface area contributed by atoms with E-state index < -0.39 is 5.72 Å². The summed E-state index contributed by atoms with van der Waals surface area (Å²) in [5.74, 6) is 0. The lowest BCUT2D eigenvalue weighted by molar-refractivity contribution is -0.0736. The van der Waals surface area contributed by atoms with Gasteiger partial charge in [0.2, 0.25) is 5.72 Å². The van der Waals surface area contributed by atoms with Gasteiger partial charge in [-0.15, -0.1) is 5.11 Å². The molecule has 2 aromatic rings. The molecule has 3 rings (SSSR count). The van der Waals surface area contributed by atoms with Crippen molar-refractivity contribution in [1.29, 1.82) is 0 Å². The first-order chi connectivity index (χ1) is 9.12. The fraction of sp³-hybridized carbons (Fsp3) is 0.200. The van der Waals surface area contributed by atoms with Crippen molar-refractivity contribution in [1.82, 2.24) is 5.01 Å². The molecule has 0 spiro atoms. The number of rotatable bonds is 1. The van der Waals surface area contributed by atoms with Crippen LogP contribution >= 0.6 is 0 Å². The summed E-state index contributed by atoms with van der Waals surface area (Å²) < 4.78 is 0. The highest BCUT2D eigenvalue weighted by atomic mass is 16.3. The third kappa shape index (κ3) is 1.72. The number of nitrogens with zero attached hydrogens (tertiary/aromatic N) is 3. The van der Waals surface area contributed by atoms with Crippen molar-refractivity contribution in [3.63, 3.8) is 0 Å². The van der Waals surface area contributed by atoms with E-state index in [-0.39, 0.29) is 0 Å². The summed E-state index contributed by atoms with van der Waals surface area (Å²) in [6, 6.07) is 15.3. The average molecular weight is 253 g/mol. The number of aliphatic hydroxyl groups is 1. The van der Waals surface area contributed by atoms with E-state index in [1.165, 1.54) is 5.01 Å². The number of benzene rings is 2. The summed E-state index contributed by atoms with van der Waals surface area (Å²) >= 11 is 0. The minimum Gasteiger partial charge on any atom is -0.362 e. The van der Waals surface area contributed by atoms with Gasteiger partial charge in [-0.3, -0.25) is 0 Å². The van der Waals surface area contributed by atoms with Crippen molar-refractivity contribution in [2.75, 3.05) is 7.05 Å². The highest BCUT2D eigenvalue weighted by Gasteiger charge is 2.40. The molecule has 2 aromatic carbocycles. The van der Waals surface area contributed by atoms with E-state index in [0.717, 1.165) is 16.7 Å². The maximum absolute atomic E-state index is 11.1. The molecule has 0 radical (unpaired) electrons. The van der Waals surface area contributed by atoms with Gasteiger partial charge >= 0.3 is 0 Å². The molecule has 4 nitrogen and oxygen atoms in total. The molecule has 0 unspecified atom stereocenters. The van der Waals surface area contributed by atoms with E-state index >= 15 is 0 Å². The van der Waals surface area contributed by atoms with Crippen LogP contribution in [0.3, 0.4) is 0 Å². The normalized spacial score (nSPS) is 21.3. The van der Waals surface area contributed by atoms with Gasteiger partial charge in [-0.25, -0.2) is 5.01 Å². The molecule has 0 saturated heterocycles. The Morgan fingerprint density at radius 3 is 2.47 bits per heavy atom. The van der Waals surface area contributed by atoms with Gasteiger partial charge in [0.25, 0.3) is 0 Å². The summed E-state index contributed by atoms with van der Waals surface area (Å²) in [5.41, 5.74) is 2.11. The van der Waals surface area contributed by atoms with Crippen molar-refractivity contribution in [3.8, 4) is 0 Å². The molecule has 0 bridgehead atoms. The topological polar surface area (TPSA) is 48.2 Å². The molecule has 1 aliphatic rings. The van der Waals surface area contributed by atoms with Crippen molar-refractivity contribution in [2.45, 2.75) is 12.6 Å². The van der Waals surface area contributed by atoms with Gasteiger partial charge in [0.15, 0.2) is 0 Å². The van der Waals surface area contributed by atoms with Crippen molar-refractivity contribution < 1.29 is 5.11 Å². The lowest BCUT2D eigenvalue weighted by Crippen LogP contribution is -2.43. The van der Waals surface area contributed by atoms with E-state index in [9.17, 15) is 5.11 Å². The van der Waals surface area contributed by atoms with Crippen LogP contribution in [0, 0.1) is 6.92 Å². The Hall–Kier alpha value is -2.20. The largest absolute Gasteiger partial charge is 0.362 e. The quantitative estimate of drug-likeness (QED) is 0.848. The summed E-state index contributed by atoms with van der Waals surface area (Å²) in [6.45, 7) is 2.02. The van der Waals surface area contributed by atoms with Crippen LogP contribution in [0.15, 0.2) is 58.9 Å². The molecular weight excluding hydrogens is 238 g/mol. The van der Waals surface area contributed by atoms with Crippen LogP contribution in [0.25, 0.3) is 0 Å². The van der Waals surface area contributed by atoms with Gasteiger partial charge in [0, 0.05) is 18.2 Å². The Balaban J connectivity index is 2.21. The lowest BCUT2D eigenvalue weighted by atomic mass is 9.91. The molecule has 1 atom stereocenters. The fourth-order valence-corrected chi connectivity index (χ4v) is 2.34. The zero-order chi connectivity index (χ0) is 13.5. The highest BCUT2D eigenvalue weighted by Crippen LogP contribution is 2.41. The molecule has 0 amide bonds. The van der Waals surface area contributed by atoms with Crippen molar-refractivity contribution >= 4 is 5.69 Å². The van der Waals surface area contributed by atoms with E-state index in [4.69, 9.17) is 0 Å². The molecule has 0 aromatic heterocycles. The first-order valence-electron chi connectivity index (χ1n) is 6.17. The van der Waals surface area contributed by atoms with E-state index in [2.05, 4.69) is 10.3 Å². The summed E-state index contributed by atoms with van der Waals surface area (Å²) in [4.78, 5) is 0. The third-order valence-corrected chi connectivity index (χ3v) is 3.49. The molecule has 0 aliphatic carbocycles. The lowest BCUT2D eigenvalue weighted by Gasteiger charge is -2.38. The summed E-state index contributed by atoms with van der Waals surface area (Å²) in [7, 11) is 1.72. The van der Waals surface area contributed by atoms with Crippen LogP contribution in [0.1, 0.15) is 16.7 Å². The highest BCUT2D eigenvalue weighted by molar-refractivity contribution is 5.53. The second-order valence-electron chi connectivity index (χ2n) is 4.77. The van der Waals surface area contributed by atoms with Crippen LogP contribution in [0.2, 0.25) is 0 Å². The maximum Gasteiger partial charge on any atom is 0.209 e. The zero-order valence-corrected chi connectivity index (χ0v) is 10.9. The van der Waals surface area contributed by atoms with Gasteiger partial charge in [-0.1, -0.05) is 53.3 Å². The van der Waals surface area contributed by atoms with E-state index in [1.54, 1.807) is 7.05 Å². The SMILES string of the molecule is Cc1ccc([C@@]2(O)c3ccccc3N=NN2C)cc1. The van der Waals surface area contributed by atoms with Crippen LogP contribution < -0.4 is 0 Å². The molecule has 96 valence electrons. The molecule has 1 heterocycles. The molecule has 1 N–H and O–H groups in total. The van der Waals surface area contributed by atoms with Gasteiger partial charge in [-0.2, -0.15) is 0 Å². The minimum atomic E-state index is -1.27. The Morgan fingerprint density at radius 2 is 1.74 bits per heavy atom. The molecule has 4 heteroatoms. The van der Waals surface area contributed by atoms with Crippen LogP contribution in [-0.2, 0) is 5.72 Å². The van der Waals surface area contributed by atoms with Crippen molar-refractivity contribution in [3.05, 3.63) is 65.2 Å². The van der Waals surface area contributed by atoms with Gasteiger partial charge in [0.05, 0.1) is 5.69 Å². The number of aryl methyl sites for hydroxylation is 1. The second kappa shape index (κ2) is 4.17. The number of hydrogen-bond acceptors (Lipinski definition) is 4. The first kappa shape index (κ1) is 11.9. The Bertz CT molecular complexity index is 636. The van der Waals surface area contributed by atoms with Crippen LogP contribution in [0.5, 0.6) is 0 Å². The summed E-state index contributed by atoms with van der Waals surface area (Å²) in [6.07, 6.45) is 0. The van der Waals surface area contributed by atoms with Gasteiger partial charge < -0.3 is 5.11 Å². The predicted octanol–water partition coefficient (Wildman–Crippen LogP) is 3.13. The fourth-order valence-electron chi connectivity index (χ4n) is 2.34.